The van der Waals surface area contributed by atoms with Crippen LogP contribution in [0.25, 0.3) is 0 Å². The molecule has 2 N–H and O–H groups in total. The smallest absolute Gasteiger partial charge is 0.306 e. The second-order valence-electron chi connectivity index (χ2n) is 6.69. The molecule has 160 valence electrons. The van der Waals surface area contributed by atoms with Gasteiger partial charge in [-0.1, -0.05) is 36.4 Å². The summed E-state index contributed by atoms with van der Waals surface area (Å²) in [5, 5.41) is 5.41. The lowest BCUT2D eigenvalue weighted by Crippen LogP contribution is -2.27. The molecule has 0 saturated carbocycles. The minimum atomic E-state index is -0.399. The molecule has 2 aromatic carbocycles. The number of nitrogens with one attached hydrogen (secondary N) is 2. The van der Waals surface area contributed by atoms with E-state index in [0.29, 0.717) is 31.0 Å². The first-order chi connectivity index (χ1) is 14.6. The van der Waals surface area contributed by atoms with Crippen LogP contribution in [0.5, 0.6) is 0 Å². The van der Waals surface area contributed by atoms with Gasteiger partial charge in [-0.15, -0.1) is 0 Å². The van der Waals surface area contributed by atoms with Crippen molar-refractivity contribution in [2.75, 3.05) is 32.2 Å². The predicted molar refractivity (Wildman–Crippen MR) is 114 cm³/mol. The summed E-state index contributed by atoms with van der Waals surface area (Å²) < 4.78 is 10.1. The SMILES string of the molecule is COCCNC(=O)c1cccc(NC(=O)CCC(=O)OCCCc2ccccc2)c1. The number of rotatable bonds is 12. The Morgan fingerprint density at radius 3 is 2.50 bits per heavy atom. The first kappa shape index (κ1) is 23.1. The van der Waals surface area contributed by atoms with E-state index in [1.165, 1.54) is 5.56 Å². The molecule has 7 heteroatoms. The molecule has 0 spiro atoms. The number of amides is 2. The van der Waals surface area contributed by atoms with Gasteiger partial charge in [0, 0.05) is 31.3 Å². The molecular formula is C23H28N2O5. The van der Waals surface area contributed by atoms with Crippen LogP contribution in [0.4, 0.5) is 5.69 Å². The predicted octanol–water partition coefficient (Wildman–Crippen LogP) is 2.96. The van der Waals surface area contributed by atoms with Crippen LogP contribution < -0.4 is 10.6 Å². The molecule has 2 aromatic rings. The number of ether oxygens (including phenoxy) is 2. The molecule has 0 heterocycles. The van der Waals surface area contributed by atoms with Crippen molar-refractivity contribution in [2.45, 2.75) is 25.7 Å². The summed E-state index contributed by atoms with van der Waals surface area (Å²) in [6, 6.07) is 16.6. The highest BCUT2D eigenvalue weighted by Crippen LogP contribution is 2.11. The van der Waals surface area contributed by atoms with Gasteiger partial charge < -0.3 is 20.1 Å². The summed E-state index contributed by atoms with van der Waals surface area (Å²) in [5.74, 6) is -0.958. The molecule has 30 heavy (non-hydrogen) atoms. The fourth-order valence-electron chi connectivity index (χ4n) is 2.73. The van der Waals surface area contributed by atoms with E-state index in [1.54, 1.807) is 31.4 Å². The second kappa shape index (κ2) is 13.1. The number of carbonyl (C=O) groups is 3. The van der Waals surface area contributed by atoms with E-state index < -0.39 is 5.97 Å². The standard InChI is InChI=1S/C23H28N2O5/c1-29-16-14-24-23(28)19-10-5-11-20(17-19)25-21(26)12-13-22(27)30-15-6-9-18-7-3-2-4-8-18/h2-5,7-8,10-11,17H,6,9,12-16H2,1H3,(H,24,28)(H,25,26). The number of carbonyl (C=O) groups excluding carboxylic acids is 3. The molecule has 0 unspecified atom stereocenters. The van der Waals surface area contributed by atoms with E-state index in [-0.39, 0.29) is 24.7 Å². The van der Waals surface area contributed by atoms with Crippen molar-refractivity contribution in [3.8, 4) is 0 Å². The van der Waals surface area contributed by atoms with Crippen molar-refractivity contribution in [1.29, 1.82) is 0 Å². The average Bonchev–Trinajstić information content (AvgIpc) is 2.76. The maximum atomic E-state index is 12.1. The van der Waals surface area contributed by atoms with E-state index in [2.05, 4.69) is 10.6 Å². The topological polar surface area (TPSA) is 93.7 Å². The van der Waals surface area contributed by atoms with Crippen molar-refractivity contribution in [1.82, 2.24) is 5.32 Å². The molecule has 0 bridgehead atoms. The van der Waals surface area contributed by atoms with Gasteiger partial charge in [-0.3, -0.25) is 14.4 Å². The third-order valence-corrected chi connectivity index (χ3v) is 4.27. The third kappa shape index (κ3) is 8.87. The number of anilines is 1. The summed E-state index contributed by atoms with van der Waals surface area (Å²) >= 11 is 0. The van der Waals surface area contributed by atoms with Gasteiger partial charge in [-0.05, 0) is 36.6 Å². The van der Waals surface area contributed by atoms with Crippen molar-refractivity contribution in [3.63, 3.8) is 0 Å². The van der Waals surface area contributed by atoms with Gasteiger partial charge in [-0.25, -0.2) is 0 Å². The zero-order chi connectivity index (χ0) is 21.6. The molecule has 0 aliphatic carbocycles. The number of benzene rings is 2. The van der Waals surface area contributed by atoms with Crippen molar-refractivity contribution in [2.24, 2.45) is 0 Å². The van der Waals surface area contributed by atoms with Crippen LogP contribution in [0.3, 0.4) is 0 Å². The zero-order valence-corrected chi connectivity index (χ0v) is 17.2. The Labute approximate surface area is 176 Å². The fourth-order valence-corrected chi connectivity index (χ4v) is 2.73. The summed E-state index contributed by atoms with van der Waals surface area (Å²) in [7, 11) is 1.56. The lowest BCUT2D eigenvalue weighted by Gasteiger charge is -2.08. The average molecular weight is 412 g/mol. The minimum absolute atomic E-state index is 0.00830. The Bertz CT molecular complexity index is 823. The van der Waals surface area contributed by atoms with E-state index in [1.807, 2.05) is 30.3 Å². The first-order valence-electron chi connectivity index (χ1n) is 9.95. The molecule has 0 aromatic heterocycles. The molecule has 2 rings (SSSR count). The largest absolute Gasteiger partial charge is 0.466 e. The van der Waals surface area contributed by atoms with E-state index in [0.717, 1.165) is 12.8 Å². The number of methoxy groups -OCH3 is 1. The molecule has 0 atom stereocenters. The quantitative estimate of drug-likeness (QED) is 0.413. The minimum Gasteiger partial charge on any atom is -0.466 e. The highest BCUT2D eigenvalue weighted by Gasteiger charge is 2.10. The molecule has 0 fully saturated rings. The van der Waals surface area contributed by atoms with Crippen LogP contribution in [-0.4, -0.2) is 44.7 Å². The number of hydrogen-bond acceptors (Lipinski definition) is 5. The highest BCUT2D eigenvalue weighted by atomic mass is 16.5. The highest BCUT2D eigenvalue weighted by molar-refractivity contribution is 5.97. The monoisotopic (exact) mass is 412 g/mol. The van der Waals surface area contributed by atoms with Gasteiger partial charge in [-0.2, -0.15) is 0 Å². The molecule has 0 aliphatic heterocycles. The Kier molecular flexibility index (Phi) is 10.1. The van der Waals surface area contributed by atoms with Crippen molar-refractivity contribution < 1.29 is 23.9 Å². The maximum absolute atomic E-state index is 12.1. The van der Waals surface area contributed by atoms with Crippen LogP contribution in [0.15, 0.2) is 54.6 Å². The van der Waals surface area contributed by atoms with Gasteiger partial charge in [0.1, 0.15) is 0 Å². The molecule has 0 saturated heterocycles. The van der Waals surface area contributed by atoms with Crippen molar-refractivity contribution >= 4 is 23.5 Å². The van der Waals surface area contributed by atoms with Gasteiger partial charge in [0.25, 0.3) is 5.91 Å². The van der Waals surface area contributed by atoms with E-state index in [4.69, 9.17) is 9.47 Å². The number of esters is 1. The Balaban J connectivity index is 1.66. The second-order valence-corrected chi connectivity index (χ2v) is 6.69. The fraction of sp³-hybridized carbons (Fsp3) is 0.348. The van der Waals surface area contributed by atoms with Crippen LogP contribution in [0.2, 0.25) is 0 Å². The zero-order valence-electron chi connectivity index (χ0n) is 17.2. The lowest BCUT2D eigenvalue weighted by molar-refractivity contribution is -0.144. The molecule has 2 amide bonds. The third-order valence-electron chi connectivity index (χ3n) is 4.27. The molecule has 0 aliphatic rings. The lowest BCUT2D eigenvalue weighted by atomic mass is 10.1. The van der Waals surface area contributed by atoms with Crippen LogP contribution in [0, 0.1) is 0 Å². The molecule has 7 nitrogen and oxygen atoms in total. The van der Waals surface area contributed by atoms with Crippen LogP contribution in [0.1, 0.15) is 35.2 Å². The summed E-state index contributed by atoms with van der Waals surface area (Å²) in [6.07, 6.45) is 1.60. The summed E-state index contributed by atoms with van der Waals surface area (Å²) in [4.78, 5) is 36.0. The Hall–Kier alpha value is -3.19. The molecule has 0 radical (unpaired) electrons. The first-order valence-corrected chi connectivity index (χ1v) is 9.95. The molecular weight excluding hydrogens is 384 g/mol. The van der Waals surface area contributed by atoms with Gasteiger partial charge >= 0.3 is 5.97 Å². The normalized spacial score (nSPS) is 10.3. The van der Waals surface area contributed by atoms with Crippen LogP contribution >= 0.6 is 0 Å². The maximum Gasteiger partial charge on any atom is 0.306 e. The van der Waals surface area contributed by atoms with Gasteiger partial charge in [0.15, 0.2) is 0 Å². The summed E-state index contributed by atoms with van der Waals surface area (Å²) in [5.41, 5.74) is 2.12. The van der Waals surface area contributed by atoms with Crippen molar-refractivity contribution in [3.05, 3.63) is 65.7 Å². The summed E-state index contributed by atoms with van der Waals surface area (Å²) in [6.45, 7) is 1.15. The van der Waals surface area contributed by atoms with E-state index in [9.17, 15) is 14.4 Å². The Morgan fingerprint density at radius 1 is 0.933 bits per heavy atom. The van der Waals surface area contributed by atoms with E-state index >= 15 is 0 Å². The van der Waals surface area contributed by atoms with Gasteiger partial charge in [0.2, 0.25) is 5.91 Å². The van der Waals surface area contributed by atoms with Crippen LogP contribution in [-0.2, 0) is 25.5 Å². The number of aryl methyl sites for hydroxylation is 1. The number of hydrogen-bond donors (Lipinski definition) is 2. The Morgan fingerprint density at radius 2 is 1.73 bits per heavy atom. The van der Waals surface area contributed by atoms with Gasteiger partial charge in [0.05, 0.1) is 19.6 Å².